The van der Waals surface area contributed by atoms with Crippen molar-refractivity contribution < 1.29 is 29.9 Å². The van der Waals surface area contributed by atoms with Crippen molar-refractivity contribution in [1.29, 1.82) is 0 Å². The Morgan fingerprint density at radius 2 is 0.759 bits per heavy atom. The molecule has 1 aliphatic carbocycles. The first-order valence-corrected chi connectivity index (χ1v) is 18.0. The molecule has 7 rings (SSSR count). The van der Waals surface area contributed by atoms with Crippen molar-refractivity contribution in [2.45, 2.75) is 91.5 Å². The Labute approximate surface area is 314 Å². The highest BCUT2D eigenvalue weighted by Gasteiger charge is 2.24. The molecule has 280 valence electrons. The largest absolute Gasteiger partial charge is 0.507 e. The topological polar surface area (TPSA) is 161 Å². The third-order valence-corrected chi connectivity index (χ3v) is 9.13. The number of nitrogens with zero attached hydrogens (tertiary/aromatic N) is 6. The van der Waals surface area contributed by atoms with Crippen LogP contribution in [0.3, 0.4) is 0 Å². The summed E-state index contributed by atoms with van der Waals surface area (Å²) < 4.78 is 16.1. The molecule has 4 aromatic carbocycles. The summed E-state index contributed by atoms with van der Waals surface area (Å²) >= 11 is 0. The van der Waals surface area contributed by atoms with Crippen LogP contribution in [-0.2, 0) is 38.8 Å². The summed E-state index contributed by atoms with van der Waals surface area (Å²) in [5.74, 6) is 1.29. The van der Waals surface area contributed by atoms with Gasteiger partial charge in [-0.05, 0) is 123 Å². The van der Waals surface area contributed by atoms with E-state index in [2.05, 4.69) is 20.2 Å². The van der Waals surface area contributed by atoms with Crippen LogP contribution in [0.4, 0.5) is 0 Å². The summed E-state index contributed by atoms with van der Waals surface area (Å²) in [6.07, 6.45) is 6.86. The van der Waals surface area contributed by atoms with E-state index >= 15 is 0 Å². The zero-order valence-electron chi connectivity index (χ0n) is 31.5. The number of aromatic nitrogens is 6. The fourth-order valence-electron chi connectivity index (χ4n) is 7.03. The second-order valence-electron chi connectivity index (χ2n) is 16.0. The van der Waals surface area contributed by atoms with E-state index in [0.717, 1.165) is 11.1 Å². The van der Waals surface area contributed by atoms with E-state index in [1.54, 1.807) is 46.3 Å². The first kappa shape index (κ1) is 36.3. The van der Waals surface area contributed by atoms with E-state index in [1.165, 1.54) is 12.7 Å². The fraction of sp³-hybridized carbons (Fsp3) is 0.333. The minimum absolute atomic E-state index is 0.0421. The van der Waals surface area contributed by atoms with Gasteiger partial charge in [0, 0.05) is 47.9 Å². The van der Waals surface area contributed by atoms with Crippen molar-refractivity contribution in [3.05, 3.63) is 129 Å². The molecular weight excluding hydrogens is 684 g/mol. The Morgan fingerprint density at radius 3 is 1.00 bits per heavy atom. The highest BCUT2D eigenvalue weighted by molar-refractivity contribution is 5.58. The first-order chi connectivity index (χ1) is 25.6. The van der Waals surface area contributed by atoms with E-state index in [0.29, 0.717) is 69.1 Å². The summed E-state index contributed by atoms with van der Waals surface area (Å²) in [5, 5.41) is 56.3. The standard InChI is InChI=1S/C42H46N6O6/c1-41(2,3)53-35-15-31-11-27-7-25(19-47-23-43-21-45-47)9-29(37(27)49)13-33-17-36(54-42(4,5)6)18-34(40(33)52)14-30-10-26(20-48-24-44-22-46-48)8-28(38(30)50)12-32(16-35)39(31)51/h7-10,15-18,21-24,49-52H,11-14,19-20H2,1-6H3. The molecule has 2 heterocycles. The lowest BCUT2D eigenvalue weighted by Gasteiger charge is -2.24. The average Bonchev–Trinajstić information content (AvgIpc) is 3.78. The third kappa shape index (κ3) is 8.27. The molecule has 2 aromatic heterocycles. The maximum Gasteiger partial charge on any atom is 0.137 e. The molecule has 12 nitrogen and oxygen atoms in total. The van der Waals surface area contributed by atoms with Gasteiger partial charge in [0.15, 0.2) is 0 Å². The van der Waals surface area contributed by atoms with E-state index in [1.807, 2.05) is 65.8 Å². The van der Waals surface area contributed by atoms with Gasteiger partial charge in [0.25, 0.3) is 0 Å². The molecule has 0 radical (unpaired) electrons. The number of phenols is 4. The van der Waals surface area contributed by atoms with Crippen molar-refractivity contribution >= 4 is 0 Å². The minimum Gasteiger partial charge on any atom is -0.507 e. The Bertz CT molecular complexity index is 2040. The van der Waals surface area contributed by atoms with Gasteiger partial charge in [0.05, 0.1) is 13.1 Å². The Hall–Kier alpha value is -6.04. The number of fused-ring (bicyclic) bond motifs is 8. The van der Waals surface area contributed by atoms with Crippen molar-refractivity contribution in [1.82, 2.24) is 29.5 Å². The normalized spacial score (nSPS) is 13.1. The molecule has 0 amide bonds. The van der Waals surface area contributed by atoms with Crippen LogP contribution in [-0.4, -0.2) is 61.2 Å². The molecule has 54 heavy (non-hydrogen) atoms. The molecule has 8 bridgehead atoms. The molecule has 1 aliphatic rings. The summed E-state index contributed by atoms with van der Waals surface area (Å²) in [5.41, 5.74) is 5.11. The van der Waals surface area contributed by atoms with Crippen LogP contribution in [0.5, 0.6) is 34.5 Å². The van der Waals surface area contributed by atoms with Gasteiger partial charge in [0.2, 0.25) is 0 Å². The van der Waals surface area contributed by atoms with Crippen molar-refractivity contribution in [3.63, 3.8) is 0 Å². The van der Waals surface area contributed by atoms with Gasteiger partial charge in [-0.2, -0.15) is 10.2 Å². The van der Waals surface area contributed by atoms with Gasteiger partial charge in [-0.25, -0.2) is 19.3 Å². The van der Waals surface area contributed by atoms with Crippen molar-refractivity contribution in [2.75, 3.05) is 0 Å². The zero-order valence-corrected chi connectivity index (χ0v) is 31.5. The predicted octanol–water partition coefficient (Wildman–Crippen LogP) is 6.82. The lowest BCUT2D eigenvalue weighted by molar-refractivity contribution is 0.130. The monoisotopic (exact) mass is 730 g/mol. The Kier molecular flexibility index (Phi) is 9.47. The van der Waals surface area contributed by atoms with Gasteiger partial charge in [0.1, 0.15) is 71.0 Å². The van der Waals surface area contributed by atoms with Crippen LogP contribution in [0.1, 0.15) is 97.2 Å². The second kappa shape index (κ2) is 14.1. The molecule has 0 fully saturated rings. The maximum atomic E-state index is 11.9. The minimum atomic E-state index is -0.535. The van der Waals surface area contributed by atoms with E-state index in [9.17, 15) is 20.4 Å². The number of benzene rings is 4. The van der Waals surface area contributed by atoms with Crippen LogP contribution < -0.4 is 9.47 Å². The van der Waals surface area contributed by atoms with Crippen LogP contribution in [0, 0.1) is 0 Å². The van der Waals surface area contributed by atoms with Gasteiger partial charge in [-0.15, -0.1) is 0 Å². The molecule has 4 N–H and O–H groups in total. The van der Waals surface area contributed by atoms with Crippen molar-refractivity contribution in [2.24, 2.45) is 0 Å². The maximum absolute atomic E-state index is 11.9. The zero-order chi connectivity index (χ0) is 38.4. The third-order valence-electron chi connectivity index (χ3n) is 9.13. The van der Waals surface area contributed by atoms with Gasteiger partial charge < -0.3 is 29.9 Å². The molecule has 0 saturated heterocycles. The highest BCUT2D eigenvalue weighted by Crippen LogP contribution is 2.41. The van der Waals surface area contributed by atoms with E-state index < -0.39 is 11.2 Å². The Morgan fingerprint density at radius 1 is 0.481 bits per heavy atom. The summed E-state index contributed by atoms with van der Waals surface area (Å²) in [6, 6.07) is 14.8. The number of ether oxygens (including phenoxy) is 2. The predicted molar refractivity (Wildman–Crippen MR) is 203 cm³/mol. The van der Waals surface area contributed by atoms with E-state index in [-0.39, 0.29) is 48.7 Å². The average molecular weight is 731 g/mol. The molecule has 6 aromatic rings. The second-order valence-corrected chi connectivity index (χ2v) is 16.0. The quantitative estimate of drug-likeness (QED) is 0.143. The number of phenolic OH excluding ortho intramolecular Hbond substituents is 4. The van der Waals surface area contributed by atoms with Crippen molar-refractivity contribution in [3.8, 4) is 34.5 Å². The molecule has 0 unspecified atom stereocenters. The number of hydrogen-bond donors (Lipinski definition) is 4. The van der Waals surface area contributed by atoms with Gasteiger partial charge in [-0.1, -0.05) is 0 Å². The molecule has 0 saturated carbocycles. The number of aromatic hydroxyl groups is 4. The Balaban J connectivity index is 1.46. The highest BCUT2D eigenvalue weighted by atomic mass is 16.5. The van der Waals surface area contributed by atoms with Crippen LogP contribution >= 0.6 is 0 Å². The van der Waals surface area contributed by atoms with Crippen LogP contribution in [0.2, 0.25) is 0 Å². The first-order valence-electron chi connectivity index (χ1n) is 18.0. The smallest absolute Gasteiger partial charge is 0.137 e. The van der Waals surface area contributed by atoms with Crippen LogP contribution in [0.25, 0.3) is 0 Å². The molecular formula is C42H46N6O6. The van der Waals surface area contributed by atoms with Gasteiger partial charge >= 0.3 is 0 Å². The summed E-state index contributed by atoms with van der Waals surface area (Å²) in [7, 11) is 0. The SMILES string of the molecule is CC(C)(C)Oc1cc2c(O)c(c1)Cc1cc(Cn3cncn3)cc(c1O)Cc1cc(OC(C)(C)C)cc(c1O)Cc1cc(Cn3cncn3)cc(c1O)C2. The van der Waals surface area contributed by atoms with Gasteiger partial charge in [-0.3, -0.25) is 0 Å². The lowest BCUT2D eigenvalue weighted by atomic mass is 9.89. The fourth-order valence-corrected chi connectivity index (χ4v) is 7.03. The summed E-state index contributed by atoms with van der Waals surface area (Å²) in [4.78, 5) is 8.19. The molecule has 0 spiro atoms. The number of hydrogen-bond acceptors (Lipinski definition) is 10. The van der Waals surface area contributed by atoms with E-state index in [4.69, 9.17) is 9.47 Å². The lowest BCUT2D eigenvalue weighted by Crippen LogP contribution is -2.23. The molecule has 0 aliphatic heterocycles. The number of rotatable bonds is 6. The summed E-state index contributed by atoms with van der Waals surface area (Å²) in [6.45, 7) is 12.5. The van der Waals surface area contributed by atoms with Crippen LogP contribution in [0.15, 0.2) is 73.8 Å². The molecule has 12 heteroatoms. The molecule has 0 atom stereocenters.